The minimum absolute atomic E-state index is 0.0182. The third-order valence-corrected chi connectivity index (χ3v) is 8.70. The SMILES string of the molecule is C[C@@H]1CCCCO[C@@H](CN(C)CC2CC2)[C@H](C)CN([C@@H](C)CO)C(=O)c2cc(NC(=O)Nc3ccc4c(c3)OCO4)ccc2O1. The molecule has 1 aliphatic carbocycles. The van der Waals surface area contributed by atoms with Crippen molar-refractivity contribution in [3.8, 4) is 17.2 Å². The van der Waals surface area contributed by atoms with Crippen molar-refractivity contribution in [2.45, 2.75) is 71.1 Å². The van der Waals surface area contributed by atoms with E-state index >= 15 is 0 Å². The van der Waals surface area contributed by atoms with Gasteiger partial charge in [0.25, 0.3) is 5.91 Å². The van der Waals surface area contributed by atoms with Crippen molar-refractivity contribution in [3.05, 3.63) is 42.0 Å². The van der Waals surface area contributed by atoms with E-state index in [-0.39, 0.29) is 37.4 Å². The number of benzene rings is 2. The van der Waals surface area contributed by atoms with E-state index in [1.165, 1.54) is 12.8 Å². The van der Waals surface area contributed by atoms with Crippen LogP contribution in [0.5, 0.6) is 17.2 Å². The van der Waals surface area contributed by atoms with Gasteiger partial charge in [-0.25, -0.2) is 4.79 Å². The van der Waals surface area contributed by atoms with Gasteiger partial charge in [0, 0.05) is 49.6 Å². The largest absolute Gasteiger partial charge is 0.490 e. The van der Waals surface area contributed by atoms with Gasteiger partial charge in [-0.05, 0) is 89.2 Å². The first-order valence-corrected chi connectivity index (χ1v) is 16.2. The molecule has 3 aliphatic rings. The average molecular weight is 625 g/mol. The zero-order valence-electron chi connectivity index (χ0n) is 26.9. The number of aliphatic hydroxyl groups is 1. The minimum Gasteiger partial charge on any atom is -0.490 e. The van der Waals surface area contributed by atoms with Crippen LogP contribution in [0.25, 0.3) is 0 Å². The van der Waals surface area contributed by atoms with Crippen LogP contribution in [0.3, 0.4) is 0 Å². The van der Waals surface area contributed by atoms with Crippen molar-refractivity contribution < 1.29 is 33.6 Å². The van der Waals surface area contributed by atoms with Crippen LogP contribution in [0.15, 0.2) is 36.4 Å². The van der Waals surface area contributed by atoms with E-state index in [1.54, 1.807) is 41.3 Å². The summed E-state index contributed by atoms with van der Waals surface area (Å²) in [5.74, 6) is 2.16. The first-order valence-electron chi connectivity index (χ1n) is 16.2. The molecule has 0 unspecified atom stereocenters. The number of carbonyl (C=O) groups is 2. The smallest absolute Gasteiger partial charge is 0.323 e. The third-order valence-electron chi connectivity index (χ3n) is 8.70. The second-order valence-corrected chi connectivity index (χ2v) is 12.8. The number of fused-ring (bicyclic) bond motifs is 2. The van der Waals surface area contributed by atoms with E-state index in [0.29, 0.717) is 47.3 Å². The van der Waals surface area contributed by atoms with E-state index in [0.717, 1.165) is 38.3 Å². The van der Waals surface area contributed by atoms with E-state index in [2.05, 4.69) is 29.5 Å². The van der Waals surface area contributed by atoms with Crippen molar-refractivity contribution in [2.24, 2.45) is 11.8 Å². The highest BCUT2D eigenvalue weighted by atomic mass is 16.7. The van der Waals surface area contributed by atoms with Gasteiger partial charge >= 0.3 is 6.03 Å². The molecule has 45 heavy (non-hydrogen) atoms. The first-order chi connectivity index (χ1) is 21.7. The van der Waals surface area contributed by atoms with Crippen LogP contribution in [0.2, 0.25) is 0 Å². The lowest BCUT2D eigenvalue weighted by Gasteiger charge is -2.36. The molecule has 0 radical (unpaired) electrons. The lowest BCUT2D eigenvalue weighted by molar-refractivity contribution is -0.0172. The predicted molar refractivity (Wildman–Crippen MR) is 172 cm³/mol. The number of carbonyl (C=O) groups excluding carboxylic acids is 2. The number of rotatable bonds is 8. The fraction of sp³-hybridized carbons (Fsp3) is 0.588. The Morgan fingerprint density at radius 1 is 1.00 bits per heavy atom. The van der Waals surface area contributed by atoms with E-state index < -0.39 is 12.1 Å². The maximum absolute atomic E-state index is 14.3. The zero-order chi connectivity index (χ0) is 31.9. The van der Waals surface area contributed by atoms with E-state index in [9.17, 15) is 14.7 Å². The Morgan fingerprint density at radius 3 is 2.44 bits per heavy atom. The van der Waals surface area contributed by atoms with Gasteiger partial charge in [0.15, 0.2) is 11.5 Å². The summed E-state index contributed by atoms with van der Waals surface area (Å²) in [7, 11) is 2.14. The fourth-order valence-corrected chi connectivity index (χ4v) is 5.85. The van der Waals surface area contributed by atoms with Crippen LogP contribution in [-0.4, -0.2) is 91.8 Å². The Balaban J connectivity index is 1.37. The maximum Gasteiger partial charge on any atom is 0.323 e. The van der Waals surface area contributed by atoms with Gasteiger partial charge in [0.2, 0.25) is 6.79 Å². The summed E-state index contributed by atoms with van der Waals surface area (Å²) in [5.41, 5.74) is 1.31. The Labute approximate surface area is 266 Å². The Bertz CT molecular complexity index is 1320. The molecule has 0 saturated heterocycles. The highest BCUT2D eigenvalue weighted by Gasteiger charge is 2.31. The highest BCUT2D eigenvalue weighted by molar-refractivity contribution is 6.02. The van der Waals surface area contributed by atoms with Gasteiger partial charge in [0.05, 0.1) is 30.4 Å². The van der Waals surface area contributed by atoms with Gasteiger partial charge in [-0.15, -0.1) is 0 Å². The number of hydrogen-bond acceptors (Lipinski definition) is 8. The number of hydrogen-bond donors (Lipinski definition) is 3. The number of nitrogens with zero attached hydrogens (tertiary/aromatic N) is 2. The molecule has 3 N–H and O–H groups in total. The quantitative estimate of drug-likeness (QED) is 0.367. The molecule has 246 valence electrons. The molecule has 4 atom stereocenters. The number of likely N-dealkylation sites (N-methyl/N-ethyl adjacent to an activating group) is 1. The van der Waals surface area contributed by atoms with Gasteiger partial charge < -0.3 is 44.5 Å². The predicted octanol–water partition coefficient (Wildman–Crippen LogP) is 5.20. The molecule has 2 aromatic rings. The van der Waals surface area contributed by atoms with Crippen molar-refractivity contribution >= 4 is 23.3 Å². The molecule has 0 spiro atoms. The Hall–Kier alpha value is -3.54. The number of ether oxygens (including phenoxy) is 4. The molecule has 5 rings (SSSR count). The summed E-state index contributed by atoms with van der Waals surface area (Å²) in [5, 5.41) is 15.8. The Morgan fingerprint density at radius 2 is 1.71 bits per heavy atom. The topological polar surface area (TPSA) is 122 Å². The molecule has 11 heteroatoms. The fourth-order valence-electron chi connectivity index (χ4n) is 5.85. The Kier molecular flexibility index (Phi) is 11.1. The molecule has 11 nitrogen and oxygen atoms in total. The van der Waals surface area contributed by atoms with Crippen molar-refractivity contribution in [2.75, 3.05) is 57.3 Å². The lowest BCUT2D eigenvalue weighted by Crippen LogP contribution is -2.47. The van der Waals surface area contributed by atoms with Crippen LogP contribution in [0, 0.1) is 11.8 Å². The summed E-state index contributed by atoms with van der Waals surface area (Å²) >= 11 is 0. The van der Waals surface area contributed by atoms with E-state index in [1.807, 2.05) is 13.8 Å². The molecule has 2 aliphatic heterocycles. The van der Waals surface area contributed by atoms with Crippen molar-refractivity contribution in [1.29, 1.82) is 0 Å². The highest BCUT2D eigenvalue weighted by Crippen LogP contribution is 2.34. The normalized spacial score (nSPS) is 23.1. The molecule has 1 fully saturated rings. The van der Waals surface area contributed by atoms with Gasteiger partial charge in [0.1, 0.15) is 5.75 Å². The average Bonchev–Trinajstić information content (AvgIpc) is 3.70. The van der Waals surface area contributed by atoms with Gasteiger partial charge in [-0.1, -0.05) is 6.92 Å². The van der Waals surface area contributed by atoms with Crippen molar-refractivity contribution in [3.63, 3.8) is 0 Å². The number of urea groups is 1. The number of nitrogens with one attached hydrogen (secondary N) is 2. The molecular weight excluding hydrogens is 576 g/mol. The lowest BCUT2D eigenvalue weighted by atomic mass is 10.0. The first kappa shape index (κ1) is 32.8. The summed E-state index contributed by atoms with van der Waals surface area (Å²) < 4.78 is 23.5. The molecular formula is C34H48N4O7. The minimum atomic E-state index is -0.471. The third kappa shape index (κ3) is 9.02. The van der Waals surface area contributed by atoms with Gasteiger partial charge in [-0.2, -0.15) is 0 Å². The summed E-state index contributed by atoms with van der Waals surface area (Å²) in [6, 6.07) is 9.35. The van der Waals surface area contributed by atoms with Gasteiger partial charge in [-0.3, -0.25) is 4.79 Å². The maximum atomic E-state index is 14.3. The number of anilines is 2. The second-order valence-electron chi connectivity index (χ2n) is 12.8. The summed E-state index contributed by atoms with van der Waals surface area (Å²) in [4.78, 5) is 31.3. The molecule has 2 aromatic carbocycles. The number of aliphatic hydroxyl groups excluding tert-OH is 1. The molecule has 1 saturated carbocycles. The second kappa shape index (κ2) is 15.2. The summed E-state index contributed by atoms with van der Waals surface area (Å²) in [6.07, 6.45) is 5.07. The standard InChI is InChI=1S/C34H48N4O7/c1-22-17-38(23(2)20-39)33(40)28-15-26(35-34(41)36-27-11-13-30-31(16-27)44-21-43-30)10-12-29(28)45-24(3)7-5-6-14-42-32(22)19-37(4)18-25-8-9-25/h10-13,15-16,22-25,32,39H,5-9,14,17-21H2,1-4H3,(H2,35,36,41)/t22-,23+,24-,32+/m1/s1. The number of amides is 3. The van der Waals surface area contributed by atoms with Crippen LogP contribution >= 0.6 is 0 Å². The van der Waals surface area contributed by atoms with Crippen LogP contribution in [-0.2, 0) is 4.74 Å². The molecule has 2 heterocycles. The molecule has 3 amide bonds. The molecule has 0 bridgehead atoms. The van der Waals surface area contributed by atoms with Crippen molar-refractivity contribution in [1.82, 2.24) is 9.80 Å². The summed E-state index contributed by atoms with van der Waals surface area (Å²) in [6.45, 7) is 8.81. The zero-order valence-corrected chi connectivity index (χ0v) is 26.9. The van der Waals surface area contributed by atoms with Crippen LogP contribution in [0.1, 0.15) is 63.2 Å². The van der Waals surface area contributed by atoms with Crippen LogP contribution < -0.4 is 24.8 Å². The van der Waals surface area contributed by atoms with Crippen LogP contribution in [0.4, 0.5) is 16.2 Å². The molecule has 0 aromatic heterocycles. The monoisotopic (exact) mass is 624 g/mol. The van der Waals surface area contributed by atoms with E-state index in [4.69, 9.17) is 18.9 Å².